The maximum atomic E-state index is 12.2. The van der Waals surface area contributed by atoms with Crippen LogP contribution in [0, 0.1) is 0 Å². The Morgan fingerprint density at radius 3 is 2.22 bits per heavy atom. The quantitative estimate of drug-likeness (QED) is 0.831. The maximum Gasteiger partial charge on any atom is 0.257 e. The van der Waals surface area contributed by atoms with Crippen molar-refractivity contribution in [2.75, 3.05) is 24.3 Å². The van der Waals surface area contributed by atoms with Crippen molar-refractivity contribution in [1.82, 2.24) is 4.98 Å². The molecule has 0 bridgehead atoms. The molecule has 0 atom stereocenters. The average molecular weight is 311 g/mol. The van der Waals surface area contributed by atoms with Crippen LogP contribution in [0.15, 0.2) is 42.6 Å². The standard InChI is InChI=1S/C18H21N3O2/c1-4-5-16(22)13-6-9-15(10-7-13)20-18(23)14-8-11-17(19-12-14)21(2)3/h6-12H,4-5H2,1-3H3,(H,20,23). The number of amides is 1. The van der Waals surface area contributed by atoms with Crippen LogP contribution < -0.4 is 10.2 Å². The van der Waals surface area contributed by atoms with E-state index >= 15 is 0 Å². The molecule has 0 unspecified atom stereocenters. The molecule has 2 rings (SSSR count). The molecule has 120 valence electrons. The minimum Gasteiger partial charge on any atom is -0.363 e. The second-order valence-electron chi connectivity index (χ2n) is 5.50. The molecule has 0 fully saturated rings. The molecule has 0 radical (unpaired) electrons. The summed E-state index contributed by atoms with van der Waals surface area (Å²) in [7, 11) is 3.78. The van der Waals surface area contributed by atoms with Gasteiger partial charge in [-0.15, -0.1) is 0 Å². The smallest absolute Gasteiger partial charge is 0.257 e. The minimum absolute atomic E-state index is 0.119. The topological polar surface area (TPSA) is 62.3 Å². The lowest BCUT2D eigenvalue weighted by molar-refractivity contribution is 0.0980. The number of ketones is 1. The summed E-state index contributed by atoms with van der Waals surface area (Å²) >= 11 is 0. The third kappa shape index (κ3) is 4.39. The number of carbonyl (C=O) groups is 2. The summed E-state index contributed by atoms with van der Waals surface area (Å²) in [4.78, 5) is 30.1. The molecule has 1 amide bonds. The Labute approximate surface area is 136 Å². The predicted molar refractivity (Wildman–Crippen MR) is 92.2 cm³/mol. The third-order valence-corrected chi connectivity index (χ3v) is 3.41. The number of rotatable bonds is 6. The molecule has 2 aromatic rings. The molecule has 5 heteroatoms. The summed E-state index contributed by atoms with van der Waals surface area (Å²) in [6.45, 7) is 1.97. The summed E-state index contributed by atoms with van der Waals surface area (Å²) < 4.78 is 0. The van der Waals surface area contributed by atoms with Crippen LogP contribution in [-0.2, 0) is 0 Å². The summed E-state index contributed by atoms with van der Waals surface area (Å²) in [5, 5.41) is 2.80. The highest BCUT2D eigenvalue weighted by atomic mass is 16.1. The molecule has 1 aromatic carbocycles. The number of benzene rings is 1. The van der Waals surface area contributed by atoms with Gasteiger partial charge in [0, 0.05) is 38.0 Å². The fourth-order valence-corrected chi connectivity index (χ4v) is 2.10. The van der Waals surface area contributed by atoms with Crippen molar-refractivity contribution in [1.29, 1.82) is 0 Å². The van der Waals surface area contributed by atoms with Crippen LogP contribution in [0.3, 0.4) is 0 Å². The number of Topliss-reactive ketones (excluding diaryl/α,β-unsaturated/α-hetero) is 1. The molecule has 1 N–H and O–H groups in total. The molecular weight excluding hydrogens is 290 g/mol. The number of nitrogens with zero attached hydrogens (tertiary/aromatic N) is 2. The van der Waals surface area contributed by atoms with Crippen molar-refractivity contribution in [2.24, 2.45) is 0 Å². The Kier molecular flexibility index (Phi) is 5.46. The first-order valence-electron chi connectivity index (χ1n) is 7.59. The van der Waals surface area contributed by atoms with Crippen molar-refractivity contribution in [3.63, 3.8) is 0 Å². The van der Waals surface area contributed by atoms with E-state index in [9.17, 15) is 9.59 Å². The van der Waals surface area contributed by atoms with Gasteiger partial charge in [-0.25, -0.2) is 4.98 Å². The normalized spacial score (nSPS) is 10.2. The van der Waals surface area contributed by atoms with E-state index in [0.717, 1.165) is 12.2 Å². The van der Waals surface area contributed by atoms with Gasteiger partial charge < -0.3 is 10.2 Å². The van der Waals surface area contributed by atoms with Gasteiger partial charge in [0.1, 0.15) is 5.82 Å². The first-order valence-corrected chi connectivity index (χ1v) is 7.59. The largest absolute Gasteiger partial charge is 0.363 e. The lowest BCUT2D eigenvalue weighted by Crippen LogP contribution is -2.14. The summed E-state index contributed by atoms with van der Waals surface area (Å²) in [5.74, 6) is 0.685. The van der Waals surface area contributed by atoms with Crippen LogP contribution in [0.5, 0.6) is 0 Å². The van der Waals surface area contributed by atoms with Crippen molar-refractivity contribution < 1.29 is 9.59 Å². The number of pyridine rings is 1. The highest BCUT2D eigenvalue weighted by Crippen LogP contribution is 2.14. The summed E-state index contributed by atoms with van der Waals surface area (Å²) in [6.07, 6.45) is 2.91. The molecule has 23 heavy (non-hydrogen) atoms. The number of carbonyl (C=O) groups excluding carboxylic acids is 2. The van der Waals surface area contributed by atoms with Gasteiger partial charge in [0.25, 0.3) is 5.91 Å². The zero-order valence-electron chi connectivity index (χ0n) is 13.7. The van der Waals surface area contributed by atoms with Gasteiger partial charge in [-0.05, 0) is 42.8 Å². The second-order valence-corrected chi connectivity index (χ2v) is 5.50. The lowest BCUT2D eigenvalue weighted by Gasteiger charge is -2.11. The van der Waals surface area contributed by atoms with Crippen LogP contribution in [0.25, 0.3) is 0 Å². The first kappa shape index (κ1) is 16.7. The Morgan fingerprint density at radius 1 is 1.04 bits per heavy atom. The maximum absolute atomic E-state index is 12.2. The SMILES string of the molecule is CCCC(=O)c1ccc(NC(=O)c2ccc(N(C)C)nc2)cc1. The minimum atomic E-state index is -0.226. The molecule has 0 saturated carbocycles. The zero-order chi connectivity index (χ0) is 16.8. The number of nitrogens with one attached hydrogen (secondary N) is 1. The van der Waals surface area contributed by atoms with E-state index in [0.29, 0.717) is 23.2 Å². The molecule has 0 aliphatic rings. The fourth-order valence-electron chi connectivity index (χ4n) is 2.10. The number of hydrogen-bond donors (Lipinski definition) is 1. The van der Waals surface area contributed by atoms with Crippen LogP contribution in [0.2, 0.25) is 0 Å². The monoisotopic (exact) mass is 311 g/mol. The van der Waals surface area contributed by atoms with Gasteiger partial charge in [-0.2, -0.15) is 0 Å². The molecule has 0 aliphatic heterocycles. The van der Waals surface area contributed by atoms with Gasteiger partial charge >= 0.3 is 0 Å². The Balaban J connectivity index is 2.03. The number of hydrogen-bond acceptors (Lipinski definition) is 4. The molecule has 0 saturated heterocycles. The molecule has 1 aromatic heterocycles. The highest BCUT2D eigenvalue weighted by molar-refractivity contribution is 6.04. The Bertz CT molecular complexity index is 676. The number of aromatic nitrogens is 1. The summed E-state index contributed by atoms with van der Waals surface area (Å²) in [6, 6.07) is 10.5. The Hall–Kier alpha value is -2.69. The van der Waals surface area contributed by atoms with E-state index in [1.54, 1.807) is 42.6 Å². The predicted octanol–water partition coefficient (Wildman–Crippen LogP) is 3.38. The van der Waals surface area contributed by atoms with Crippen molar-refractivity contribution in [3.05, 3.63) is 53.7 Å². The molecule has 1 heterocycles. The van der Waals surface area contributed by atoms with Gasteiger partial charge in [0.15, 0.2) is 5.78 Å². The van der Waals surface area contributed by atoms with E-state index in [-0.39, 0.29) is 11.7 Å². The van der Waals surface area contributed by atoms with Gasteiger partial charge in [-0.1, -0.05) is 6.92 Å². The van der Waals surface area contributed by atoms with E-state index in [1.165, 1.54) is 0 Å². The molecular formula is C18H21N3O2. The van der Waals surface area contributed by atoms with Crippen LogP contribution in [-0.4, -0.2) is 30.8 Å². The highest BCUT2D eigenvalue weighted by Gasteiger charge is 2.09. The van der Waals surface area contributed by atoms with Crippen molar-refractivity contribution in [3.8, 4) is 0 Å². The van der Waals surface area contributed by atoms with Gasteiger partial charge in [0.2, 0.25) is 0 Å². The molecule has 0 aliphatic carbocycles. The second kappa shape index (κ2) is 7.54. The molecule has 0 spiro atoms. The Morgan fingerprint density at radius 2 is 1.70 bits per heavy atom. The number of anilines is 2. The van der Waals surface area contributed by atoms with Crippen LogP contribution in [0.4, 0.5) is 11.5 Å². The fraction of sp³-hybridized carbons (Fsp3) is 0.278. The van der Waals surface area contributed by atoms with E-state index in [4.69, 9.17) is 0 Å². The van der Waals surface area contributed by atoms with Crippen LogP contribution in [0.1, 0.15) is 40.5 Å². The molecule has 5 nitrogen and oxygen atoms in total. The van der Waals surface area contributed by atoms with E-state index < -0.39 is 0 Å². The average Bonchev–Trinajstić information content (AvgIpc) is 2.55. The van der Waals surface area contributed by atoms with Gasteiger partial charge in [-0.3, -0.25) is 9.59 Å². The third-order valence-electron chi connectivity index (χ3n) is 3.41. The van der Waals surface area contributed by atoms with Crippen molar-refractivity contribution in [2.45, 2.75) is 19.8 Å². The zero-order valence-corrected chi connectivity index (χ0v) is 13.7. The van der Waals surface area contributed by atoms with Gasteiger partial charge in [0.05, 0.1) is 5.56 Å². The lowest BCUT2D eigenvalue weighted by atomic mass is 10.1. The van der Waals surface area contributed by atoms with Crippen molar-refractivity contribution >= 4 is 23.2 Å². The van der Waals surface area contributed by atoms with E-state index in [1.807, 2.05) is 25.9 Å². The van der Waals surface area contributed by atoms with E-state index in [2.05, 4.69) is 10.3 Å². The van der Waals surface area contributed by atoms with Crippen LogP contribution >= 0.6 is 0 Å². The first-order chi connectivity index (χ1) is 11.0. The summed E-state index contributed by atoms with van der Waals surface area (Å²) in [5.41, 5.74) is 1.81.